The van der Waals surface area contributed by atoms with Crippen molar-refractivity contribution in [3.8, 4) is 0 Å². The van der Waals surface area contributed by atoms with Gasteiger partial charge in [-0.3, -0.25) is 4.79 Å². The lowest BCUT2D eigenvalue weighted by Crippen LogP contribution is -2.45. The molecular formula is C17H24N2O. The van der Waals surface area contributed by atoms with E-state index in [1.165, 1.54) is 5.56 Å². The quantitative estimate of drug-likeness (QED) is 0.896. The number of likely N-dealkylation sites (tertiary alicyclic amines) is 1. The number of hydrogen-bond acceptors (Lipinski definition) is 2. The monoisotopic (exact) mass is 272 g/mol. The Bertz CT molecular complexity index is 432. The Morgan fingerprint density at radius 3 is 2.50 bits per heavy atom. The maximum Gasteiger partial charge on any atom is 0.226 e. The third kappa shape index (κ3) is 3.04. The molecule has 1 aromatic rings. The molecule has 3 heteroatoms. The van der Waals surface area contributed by atoms with E-state index in [1.54, 1.807) is 0 Å². The van der Waals surface area contributed by atoms with Gasteiger partial charge in [0.1, 0.15) is 0 Å². The largest absolute Gasteiger partial charge is 0.342 e. The predicted molar refractivity (Wildman–Crippen MR) is 80.6 cm³/mol. The van der Waals surface area contributed by atoms with Crippen molar-refractivity contribution in [2.24, 2.45) is 5.92 Å². The summed E-state index contributed by atoms with van der Waals surface area (Å²) in [6, 6.07) is 10.7. The van der Waals surface area contributed by atoms with Crippen LogP contribution in [-0.2, 0) is 4.79 Å². The molecule has 0 aromatic heterocycles. The van der Waals surface area contributed by atoms with Gasteiger partial charge in [-0.05, 0) is 43.7 Å². The fourth-order valence-corrected chi connectivity index (χ4v) is 3.48. The van der Waals surface area contributed by atoms with Gasteiger partial charge in [0, 0.05) is 19.6 Å². The van der Waals surface area contributed by atoms with Crippen LogP contribution in [0.2, 0.25) is 0 Å². The molecule has 108 valence electrons. The summed E-state index contributed by atoms with van der Waals surface area (Å²) in [7, 11) is 0. The summed E-state index contributed by atoms with van der Waals surface area (Å²) >= 11 is 0. The van der Waals surface area contributed by atoms with Gasteiger partial charge in [-0.1, -0.05) is 30.3 Å². The van der Waals surface area contributed by atoms with E-state index in [0.717, 1.165) is 51.9 Å². The first-order valence-electron chi connectivity index (χ1n) is 7.89. The predicted octanol–water partition coefficient (Wildman–Crippen LogP) is 2.39. The van der Waals surface area contributed by atoms with Crippen LogP contribution in [0.1, 0.15) is 37.2 Å². The molecule has 3 nitrogen and oxygen atoms in total. The molecule has 1 unspecified atom stereocenters. The smallest absolute Gasteiger partial charge is 0.226 e. The van der Waals surface area contributed by atoms with Gasteiger partial charge in [-0.15, -0.1) is 0 Å². The van der Waals surface area contributed by atoms with Crippen LogP contribution in [-0.4, -0.2) is 37.0 Å². The second-order valence-corrected chi connectivity index (χ2v) is 6.05. The Kier molecular flexibility index (Phi) is 4.36. The van der Waals surface area contributed by atoms with E-state index in [4.69, 9.17) is 0 Å². The van der Waals surface area contributed by atoms with Gasteiger partial charge >= 0.3 is 0 Å². The minimum Gasteiger partial charge on any atom is -0.342 e. The van der Waals surface area contributed by atoms with E-state index < -0.39 is 0 Å². The lowest BCUT2D eigenvalue weighted by molar-refractivity contribution is -0.137. The second-order valence-electron chi connectivity index (χ2n) is 6.05. The number of nitrogens with zero attached hydrogens (tertiary/aromatic N) is 1. The number of amides is 1. The highest BCUT2D eigenvalue weighted by Crippen LogP contribution is 2.28. The molecule has 1 atom stereocenters. The first-order chi connectivity index (χ1) is 9.84. The zero-order chi connectivity index (χ0) is 13.8. The van der Waals surface area contributed by atoms with Crippen molar-refractivity contribution in [3.05, 3.63) is 35.9 Å². The Balaban J connectivity index is 1.54. The van der Waals surface area contributed by atoms with Crippen molar-refractivity contribution in [1.29, 1.82) is 0 Å². The normalized spacial score (nSPS) is 24.6. The van der Waals surface area contributed by atoms with Gasteiger partial charge in [-0.25, -0.2) is 0 Å². The Hall–Kier alpha value is -1.35. The number of piperidine rings is 2. The Labute approximate surface area is 121 Å². The zero-order valence-corrected chi connectivity index (χ0v) is 12.1. The number of nitrogens with one attached hydrogen (secondary N) is 1. The van der Waals surface area contributed by atoms with Gasteiger partial charge < -0.3 is 10.2 Å². The Morgan fingerprint density at radius 2 is 1.85 bits per heavy atom. The molecule has 0 aliphatic carbocycles. The van der Waals surface area contributed by atoms with Crippen LogP contribution >= 0.6 is 0 Å². The highest BCUT2D eigenvalue weighted by Gasteiger charge is 2.29. The maximum atomic E-state index is 12.5. The van der Waals surface area contributed by atoms with E-state index in [0.29, 0.717) is 11.8 Å². The van der Waals surface area contributed by atoms with Crippen LogP contribution < -0.4 is 5.32 Å². The standard InChI is InChI=1S/C17H24N2O/c20-17(16-7-4-10-18-13-16)19-11-8-15(9-12-19)14-5-2-1-3-6-14/h1-3,5-6,15-16,18H,4,7-13H2. The number of carbonyl (C=O) groups excluding carboxylic acids is 1. The summed E-state index contributed by atoms with van der Waals surface area (Å²) in [6.45, 7) is 3.79. The highest BCUT2D eigenvalue weighted by atomic mass is 16.2. The third-order valence-electron chi connectivity index (χ3n) is 4.72. The number of benzene rings is 1. The van der Waals surface area contributed by atoms with Crippen molar-refractivity contribution >= 4 is 5.91 Å². The molecule has 2 saturated heterocycles. The third-order valence-corrected chi connectivity index (χ3v) is 4.72. The fraction of sp³-hybridized carbons (Fsp3) is 0.588. The first-order valence-corrected chi connectivity index (χ1v) is 7.89. The molecule has 1 N–H and O–H groups in total. The molecule has 3 rings (SSSR count). The molecule has 0 spiro atoms. The van der Waals surface area contributed by atoms with E-state index in [9.17, 15) is 4.79 Å². The van der Waals surface area contributed by atoms with Crippen LogP contribution in [0.5, 0.6) is 0 Å². The molecule has 2 aliphatic rings. The Morgan fingerprint density at radius 1 is 1.10 bits per heavy atom. The van der Waals surface area contributed by atoms with Crippen molar-refractivity contribution < 1.29 is 4.79 Å². The molecule has 0 saturated carbocycles. The number of carbonyl (C=O) groups is 1. The topological polar surface area (TPSA) is 32.3 Å². The van der Waals surface area contributed by atoms with Crippen LogP contribution in [0, 0.1) is 5.92 Å². The highest BCUT2D eigenvalue weighted by molar-refractivity contribution is 5.79. The molecule has 2 aliphatic heterocycles. The lowest BCUT2D eigenvalue weighted by atomic mass is 9.88. The zero-order valence-electron chi connectivity index (χ0n) is 12.1. The van der Waals surface area contributed by atoms with Crippen LogP contribution in [0.3, 0.4) is 0 Å². The second kappa shape index (κ2) is 6.40. The fourth-order valence-electron chi connectivity index (χ4n) is 3.48. The molecule has 20 heavy (non-hydrogen) atoms. The van der Waals surface area contributed by atoms with E-state index >= 15 is 0 Å². The van der Waals surface area contributed by atoms with E-state index in [1.807, 2.05) is 0 Å². The van der Waals surface area contributed by atoms with E-state index in [2.05, 4.69) is 40.5 Å². The molecule has 1 aromatic carbocycles. The molecule has 2 heterocycles. The molecule has 0 bridgehead atoms. The summed E-state index contributed by atoms with van der Waals surface area (Å²) in [6.07, 6.45) is 4.41. The maximum absolute atomic E-state index is 12.5. The van der Waals surface area contributed by atoms with Crippen molar-refractivity contribution in [3.63, 3.8) is 0 Å². The summed E-state index contributed by atoms with van der Waals surface area (Å²) in [5.41, 5.74) is 1.43. The molecule has 0 radical (unpaired) electrons. The average molecular weight is 272 g/mol. The van der Waals surface area contributed by atoms with Gasteiger partial charge in [0.05, 0.1) is 5.92 Å². The molecule has 2 fully saturated rings. The summed E-state index contributed by atoms with van der Waals surface area (Å²) in [5.74, 6) is 1.23. The average Bonchev–Trinajstić information content (AvgIpc) is 2.56. The minimum absolute atomic E-state index is 0.219. The van der Waals surface area contributed by atoms with Crippen LogP contribution in [0.25, 0.3) is 0 Å². The van der Waals surface area contributed by atoms with Crippen molar-refractivity contribution in [1.82, 2.24) is 10.2 Å². The molecular weight excluding hydrogens is 248 g/mol. The van der Waals surface area contributed by atoms with Crippen LogP contribution in [0.4, 0.5) is 0 Å². The number of rotatable bonds is 2. The molecule has 1 amide bonds. The number of hydrogen-bond donors (Lipinski definition) is 1. The van der Waals surface area contributed by atoms with E-state index in [-0.39, 0.29) is 5.92 Å². The SMILES string of the molecule is O=C(C1CCCNC1)N1CCC(c2ccccc2)CC1. The lowest BCUT2D eigenvalue weighted by Gasteiger charge is -2.35. The van der Waals surface area contributed by atoms with Gasteiger partial charge in [-0.2, -0.15) is 0 Å². The summed E-state index contributed by atoms with van der Waals surface area (Å²) in [4.78, 5) is 14.6. The van der Waals surface area contributed by atoms with Gasteiger partial charge in [0.25, 0.3) is 0 Å². The minimum atomic E-state index is 0.219. The van der Waals surface area contributed by atoms with Crippen molar-refractivity contribution in [2.45, 2.75) is 31.6 Å². The van der Waals surface area contributed by atoms with Crippen LogP contribution in [0.15, 0.2) is 30.3 Å². The van der Waals surface area contributed by atoms with Gasteiger partial charge in [0.15, 0.2) is 0 Å². The summed E-state index contributed by atoms with van der Waals surface area (Å²) < 4.78 is 0. The first kappa shape index (κ1) is 13.6. The summed E-state index contributed by atoms with van der Waals surface area (Å²) in [5, 5.41) is 3.34. The van der Waals surface area contributed by atoms with Crippen molar-refractivity contribution in [2.75, 3.05) is 26.2 Å². The van der Waals surface area contributed by atoms with Gasteiger partial charge in [0.2, 0.25) is 5.91 Å².